The number of methoxy groups -OCH3 is 1. The van der Waals surface area contributed by atoms with Crippen LogP contribution in [0.1, 0.15) is 13.8 Å². The predicted molar refractivity (Wildman–Crippen MR) is 56.6 cm³/mol. The van der Waals surface area contributed by atoms with Gasteiger partial charge in [-0.3, -0.25) is 4.18 Å². The smallest absolute Gasteiger partial charge is 0.376 e. The third kappa shape index (κ3) is 4.28. The fourth-order valence-corrected chi connectivity index (χ4v) is 1.90. The molecule has 1 heterocycles. The molecule has 1 saturated heterocycles. The zero-order valence-corrected chi connectivity index (χ0v) is 11.4. The Morgan fingerprint density at radius 1 is 1.42 bits per heavy atom. The lowest BCUT2D eigenvalue weighted by molar-refractivity contribution is -0.156. The molecule has 0 aliphatic carbocycles. The van der Waals surface area contributed by atoms with E-state index in [2.05, 4.69) is 4.18 Å². The highest BCUT2D eigenvalue weighted by Crippen LogP contribution is 2.28. The van der Waals surface area contributed by atoms with Crippen molar-refractivity contribution in [1.29, 1.82) is 0 Å². The Labute approximate surface area is 108 Å². The minimum atomic E-state index is -5.64. The number of hydrogen-bond acceptors (Lipinski definition) is 6. The molecule has 1 fully saturated rings. The molecular weight excluding hydrogens is 293 g/mol. The molecule has 0 spiro atoms. The van der Waals surface area contributed by atoms with Gasteiger partial charge in [0.1, 0.15) is 12.2 Å². The molecular formula is C9H15F3O6S. The van der Waals surface area contributed by atoms with Crippen LogP contribution in [0, 0.1) is 0 Å². The van der Waals surface area contributed by atoms with Gasteiger partial charge in [-0.2, -0.15) is 21.6 Å². The van der Waals surface area contributed by atoms with Crippen LogP contribution in [0.4, 0.5) is 13.2 Å². The monoisotopic (exact) mass is 308 g/mol. The van der Waals surface area contributed by atoms with E-state index in [0.717, 1.165) is 0 Å². The average molecular weight is 308 g/mol. The Morgan fingerprint density at radius 3 is 2.37 bits per heavy atom. The van der Waals surface area contributed by atoms with E-state index >= 15 is 0 Å². The molecule has 0 N–H and O–H groups in total. The quantitative estimate of drug-likeness (QED) is 0.558. The standard InChI is InChI=1S/C9H15F3O6S/c1-8(2)16-4-7(18-8)6(15-3)5-17-19(13,14)9(10,11)12/h6-7H,4-5H2,1-3H3. The third-order valence-electron chi connectivity index (χ3n) is 2.42. The second-order valence-corrected chi connectivity index (χ2v) is 5.93. The lowest BCUT2D eigenvalue weighted by atomic mass is 10.2. The summed E-state index contributed by atoms with van der Waals surface area (Å²) in [6.07, 6.45) is -1.69. The summed E-state index contributed by atoms with van der Waals surface area (Å²) in [5.74, 6) is -0.898. The molecule has 10 heteroatoms. The van der Waals surface area contributed by atoms with Crippen molar-refractivity contribution in [1.82, 2.24) is 0 Å². The number of ether oxygens (including phenoxy) is 3. The number of alkyl halides is 3. The molecule has 0 aromatic heterocycles. The zero-order chi connectivity index (χ0) is 14.9. The molecule has 0 bridgehead atoms. The molecule has 0 saturated carbocycles. The fraction of sp³-hybridized carbons (Fsp3) is 1.00. The van der Waals surface area contributed by atoms with Crippen LogP contribution >= 0.6 is 0 Å². The first-order chi connectivity index (χ1) is 8.48. The number of halogens is 3. The first-order valence-electron chi connectivity index (χ1n) is 5.29. The lowest BCUT2D eigenvalue weighted by Crippen LogP contribution is -2.38. The maximum absolute atomic E-state index is 12.1. The molecule has 1 rings (SSSR count). The van der Waals surface area contributed by atoms with Gasteiger partial charge in [-0.05, 0) is 13.8 Å². The van der Waals surface area contributed by atoms with Crippen molar-refractivity contribution in [2.75, 3.05) is 20.3 Å². The fourth-order valence-electron chi connectivity index (χ4n) is 1.45. The Hall–Kier alpha value is -0.420. The average Bonchev–Trinajstić information content (AvgIpc) is 2.58. The van der Waals surface area contributed by atoms with Crippen molar-refractivity contribution in [3.8, 4) is 0 Å². The minimum absolute atomic E-state index is 0.0704. The summed E-state index contributed by atoms with van der Waals surface area (Å²) in [7, 11) is -4.43. The van der Waals surface area contributed by atoms with E-state index in [1.54, 1.807) is 13.8 Å². The molecule has 1 aliphatic heterocycles. The van der Waals surface area contributed by atoms with Gasteiger partial charge in [-0.25, -0.2) is 0 Å². The van der Waals surface area contributed by atoms with E-state index < -0.39 is 40.2 Å². The second-order valence-electron chi connectivity index (χ2n) is 4.33. The molecule has 0 aromatic carbocycles. The SMILES string of the molecule is COC(COS(=O)(=O)C(F)(F)F)C1COC(C)(C)O1. The van der Waals surface area contributed by atoms with Gasteiger partial charge in [0.2, 0.25) is 0 Å². The zero-order valence-electron chi connectivity index (χ0n) is 10.6. The molecule has 2 atom stereocenters. The largest absolute Gasteiger partial charge is 0.523 e. The van der Waals surface area contributed by atoms with Crippen molar-refractivity contribution >= 4 is 10.1 Å². The van der Waals surface area contributed by atoms with Gasteiger partial charge in [0.25, 0.3) is 0 Å². The van der Waals surface area contributed by atoms with Gasteiger partial charge in [-0.15, -0.1) is 0 Å². The summed E-state index contributed by atoms with van der Waals surface area (Å²) in [6, 6.07) is 0. The second kappa shape index (κ2) is 5.52. The molecule has 0 radical (unpaired) electrons. The summed E-state index contributed by atoms with van der Waals surface area (Å²) < 4.78 is 77.1. The van der Waals surface area contributed by atoms with Crippen molar-refractivity contribution in [3.05, 3.63) is 0 Å². The van der Waals surface area contributed by atoms with Crippen LogP contribution in [0.2, 0.25) is 0 Å². The van der Waals surface area contributed by atoms with Crippen LogP contribution in [0.3, 0.4) is 0 Å². The summed E-state index contributed by atoms with van der Waals surface area (Å²) in [6.45, 7) is 2.50. The highest BCUT2D eigenvalue weighted by atomic mass is 32.2. The summed E-state index contributed by atoms with van der Waals surface area (Å²) in [4.78, 5) is 0. The third-order valence-corrected chi connectivity index (χ3v) is 3.43. The Balaban J connectivity index is 2.60. The maximum Gasteiger partial charge on any atom is 0.523 e. The van der Waals surface area contributed by atoms with Gasteiger partial charge in [-0.1, -0.05) is 0 Å². The Bertz CT molecular complexity index is 405. The van der Waals surface area contributed by atoms with Crippen molar-refractivity contribution in [2.45, 2.75) is 37.4 Å². The maximum atomic E-state index is 12.1. The molecule has 114 valence electrons. The molecule has 0 amide bonds. The number of rotatable bonds is 5. The van der Waals surface area contributed by atoms with E-state index in [0.29, 0.717) is 0 Å². The topological polar surface area (TPSA) is 71.1 Å². The normalized spacial score (nSPS) is 25.5. The molecule has 6 nitrogen and oxygen atoms in total. The predicted octanol–water partition coefficient (Wildman–Crippen LogP) is 1.02. The van der Waals surface area contributed by atoms with Gasteiger partial charge in [0.05, 0.1) is 13.2 Å². The molecule has 0 aromatic rings. The van der Waals surface area contributed by atoms with Gasteiger partial charge in [0, 0.05) is 7.11 Å². The minimum Gasteiger partial charge on any atom is -0.376 e. The lowest BCUT2D eigenvalue weighted by Gasteiger charge is -2.22. The van der Waals surface area contributed by atoms with E-state index in [1.165, 1.54) is 7.11 Å². The van der Waals surface area contributed by atoms with Gasteiger partial charge < -0.3 is 14.2 Å². The van der Waals surface area contributed by atoms with Crippen molar-refractivity contribution in [3.63, 3.8) is 0 Å². The molecule has 2 unspecified atom stereocenters. The van der Waals surface area contributed by atoms with Crippen LogP contribution < -0.4 is 0 Å². The van der Waals surface area contributed by atoms with Crippen LogP contribution in [0.5, 0.6) is 0 Å². The van der Waals surface area contributed by atoms with Crippen LogP contribution in [-0.2, 0) is 28.5 Å². The Kier molecular flexibility index (Phi) is 4.84. The summed E-state index contributed by atoms with van der Waals surface area (Å²) >= 11 is 0. The van der Waals surface area contributed by atoms with Crippen LogP contribution in [0.15, 0.2) is 0 Å². The Morgan fingerprint density at radius 2 is 2.00 bits per heavy atom. The van der Waals surface area contributed by atoms with Crippen molar-refractivity contribution < 1.29 is 40.0 Å². The summed E-state index contributed by atoms with van der Waals surface area (Å²) in [5.41, 5.74) is -5.46. The highest BCUT2D eigenvalue weighted by molar-refractivity contribution is 7.87. The first-order valence-corrected chi connectivity index (χ1v) is 6.69. The summed E-state index contributed by atoms with van der Waals surface area (Å²) in [5, 5.41) is 0. The van der Waals surface area contributed by atoms with E-state index in [-0.39, 0.29) is 6.61 Å². The van der Waals surface area contributed by atoms with E-state index in [1.807, 2.05) is 0 Å². The van der Waals surface area contributed by atoms with E-state index in [4.69, 9.17) is 14.2 Å². The molecule has 19 heavy (non-hydrogen) atoms. The molecule has 1 aliphatic rings. The van der Waals surface area contributed by atoms with Crippen molar-refractivity contribution in [2.24, 2.45) is 0 Å². The van der Waals surface area contributed by atoms with Crippen LogP contribution in [0.25, 0.3) is 0 Å². The van der Waals surface area contributed by atoms with E-state index in [9.17, 15) is 21.6 Å². The first kappa shape index (κ1) is 16.6. The highest BCUT2D eigenvalue weighted by Gasteiger charge is 2.48. The van der Waals surface area contributed by atoms with Crippen LogP contribution in [-0.4, -0.2) is 52.2 Å². The van der Waals surface area contributed by atoms with Gasteiger partial charge in [0.15, 0.2) is 5.79 Å². The van der Waals surface area contributed by atoms with Gasteiger partial charge >= 0.3 is 15.6 Å². The number of hydrogen-bond donors (Lipinski definition) is 0.